The molecule has 1 heterocycles. The molecule has 0 aromatic carbocycles. The van der Waals surface area contributed by atoms with Gasteiger partial charge in [-0.05, 0) is 12.5 Å². The van der Waals surface area contributed by atoms with Crippen LogP contribution in [0.15, 0.2) is 0 Å². The van der Waals surface area contributed by atoms with Gasteiger partial charge in [-0.3, -0.25) is 9.69 Å². The summed E-state index contributed by atoms with van der Waals surface area (Å²) in [6, 6.07) is 0. The van der Waals surface area contributed by atoms with E-state index in [1.807, 2.05) is 0 Å². The zero-order chi connectivity index (χ0) is 13.2. The second kappa shape index (κ2) is 9.30. The van der Waals surface area contributed by atoms with E-state index in [4.69, 9.17) is 4.74 Å². The van der Waals surface area contributed by atoms with Crippen molar-refractivity contribution in [1.29, 1.82) is 0 Å². The predicted octanol–water partition coefficient (Wildman–Crippen LogP) is 0.0705. The quantitative estimate of drug-likeness (QED) is 0.604. The molecule has 0 atom stereocenters. The average molecular weight is 257 g/mol. The topological polar surface area (TPSA) is 53.6 Å². The lowest BCUT2D eigenvalue weighted by atomic mass is 10.2. The van der Waals surface area contributed by atoms with E-state index < -0.39 is 0 Å². The first kappa shape index (κ1) is 15.4. The zero-order valence-electron chi connectivity index (χ0n) is 11.7. The molecule has 18 heavy (non-hydrogen) atoms. The summed E-state index contributed by atoms with van der Waals surface area (Å²) in [5.41, 5.74) is 0. The molecule has 1 fully saturated rings. The third-order valence-corrected chi connectivity index (χ3v) is 2.94. The number of rotatable bonds is 8. The van der Waals surface area contributed by atoms with E-state index in [-0.39, 0.29) is 5.91 Å². The van der Waals surface area contributed by atoms with Crippen LogP contribution in [0.1, 0.15) is 20.3 Å². The van der Waals surface area contributed by atoms with Crippen molar-refractivity contribution in [1.82, 2.24) is 15.5 Å². The minimum atomic E-state index is 0.138. The Balaban J connectivity index is 1.92. The second-order valence-corrected chi connectivity index (χ2v) is 5.15. The molecular formula is C13H27N3O2. The Kier molecular flexibility index (Phi) is 7.96. The molecule has 1 aliphatic heterocycles. The van der Waals surface area contributed by atoms with Gasteiger partial charge in [0.05, 0.1) is 13.2 Å². The van der Waals surface area contributed by atoms with Gasteiger partial charge < -0.3 is 15.4 Å². The van der Waals surface area contributed by atoms with Crippen LogP contribution in [0.5, 0.6) is 0 Å². The molecule has 1 saturated heterocycles. The second-order valence-electron chi connectivity index (χ2n) is 5.15. The Labute approximate surface area is 110 Å². The summed E-state index contributed by atoms with van der Waals surface area (Å²) in [6.45, 7) is 11.3. The summed E-state index contributed by atoms with van der Waals surface area (Å²) < 4.78 is 5.27. The van der Waals surface area contributed by atoms with Gasteiger partial charge in [-0.2, -0.15) is 0 Å². The highest BCUT2D eigenvalue weighted by molar-refractivity contribution is 5.76. The van der Waals surface area contributed by atoms with Gasteiger partial charge in [0.15, 0.2) is 0 Å². The lowest BCUT2D eigenvalue weighted by Gasteiger charge is -2.26. The van der Waals surface area contributed by atoms with Crippen LogP contribution >= 0.6 is 0 Å². The molecule has 0 bridgehead atoms. The van der Waals surface area contributed by atoms with E-state index in [0.29, 0.717) is 12.3 Å². The number of hydrogen-bond acceptors (Lipinski definition) is 4. The highest BCUT2D eigenvalue weighted by atomic mass is 16.5. The van der Waals surface area contributed by atoms with Crippen LogP contribution in [0.25, 0.3) is 0 Å². The Morgan fingerprint density at radius 2 is 2.00 bits per heavy atom. The van der Waals surface area contributed by atoms with E-state index in [0.717, 1.165) is 52.5 Å². The van der Waals surface area contributed by atoms with Crippen LogP contribution in [-0.2, 0) is 9.53 Å². The van der Waals surface area contributed by atoms with Gasteiger partial charge in [0.2, 0.25) is 5.91 Å². The fraction of sp³-hybridized carbons (Fsp3) is 0.923. The Hall–Kier alpha value is -0.650. The zero-order valence-corrected chi connectivity index (χ0v) is 11.7. The van der Waals surface area contributed by atoms with Crippen LogP contribution in [0.3, 0.4) is 0 Å². The fourth-order valence-electron chi connectivity index (χ4n) is 1.86. The van der Waals surface area contributed by atoms with Crippen LogP contribution in [0.4, 0.5) is 0 Å². The smallest absolute Gasteiger partial charge is 0.221 e. The molecule has 2 N–H and O–H groups in total. The van der Waals surface area contributed by atoms with Crippen LogP contribution in [-0.4, -0.2) is 63.3 Å². The van der Waals surface area contributed by atoms with Gasteiger partial charge in [0.25, 0.3) is 0 Å². The third kappa shape index (κ3) is 7.63. The molecule has 0 unspecified atom stereocenters. The highest BCUT2D eigenvalue weighted by Crippen LogP contribution is 1.94. The van der Waals surface area contributed by atoms with Crippen molar-refractivity contribution >= 4 is 5.91 Å². The van der Waals surface area contributed by atoms with Crippen molar-refractivity contribution in [3.63, 3.8) is 0 Å². The Morgan fingerprint density at radius 3 is 2.67 bits per heavy atom. The summed E-state index contributed by atoms with van der Waals surface area (Å²) in [5, 5.41) is 6.22. The van der Waals surface area contributed by atoms with Crippen LogP contribution in [0, 0.1) is 5.92 Å². The number of amides is 1. The van der Waals surface area contributed by atoms with E-state index in [2.05, 4.69) is 29.4 Å². The average Bonchev–Trinajstić information content (AvgIpc) is 2.36. The van der Waals surface area contributed by atoms with Gasteiger partial charge in [-0.15, -0.1) is 0 Å². The van der Waals surface area contributed by atoms with Gasteiger partial charge in [-0.25, -0.2) is 0 Å². The standard InChI is InChI=1S/C13H27N3O2/c1-12(2)11-14-4-3-13(17)15-5-6-16-7-9-18-10-8-16/h12,14H,3-11H2,1-2H3,(H,15,17). The summed E-state index contributed by atoms with van der Waals surface area (Å²) in [5.74, 6) is 0.772. The van der Waals surface area contributed by atoms with Crippen molar-refractivity contribution in [3.05, 3.63) is 0 Å². The Bertz CT molecular complexity index is 228. The van der Waals surface area contributed by atoms with E-state index in [9.17, 15) is 4.79 Å². The number of carbonyl (C=O) groups is 1. The van der Waals surface area contributed by atoms with E-state index in [1.165, 1.54) is 0 Å². The molecule has 1 amide bonds. The number of nitrogens with zero attached hydrogens (tertiary/aromatic N) is 1. The number of hydrogen-bond donors (Lipinski definition) is 2. The molecule has 5 heteroatoms. The molecule has 106 valence electrons. The monoisotopic (exact) mass is 257 g/mol. The third-order valence-electron chi connectivity index (χ3n) is 2.94. The molecule has 0 aromatic rings. The van der Waals surface area contributed by atoms with Gasteiger partial charge in [0, 0.05) is 39.1 Å². The number of morpholine rings is 1. The fourth-order valence-corrected chi connectivity index (χ4v) is 1.86. The van der Waals surface area contributed by atoms with Crippen molar-refractivity contribution in [2.45, 2.75) is 20.3 Å². The minimum absolute atomic E-state index is 0.138. The molecule has 0 aliphatic carbocycles. The molecule has 1 aliphatic rings. The lowest BCUT2D eigenvalue weighted by Crippen LogP contribution is -2.41. The molecule has 0 aromatic heterocycles. The number of nitrogens with one attached hydrogen (secondary N) is 2. The molecule has 0 radical (unpaired) electrons. The maximum atomic E-state index is 11.5. The van der Waals surface area contributed by atoms with Crippen molar-refractivity contribution in [3.8, 4) is 0 Å². The van der Waals surface area contributed by atoms with Crippen molar-refractivity contribution < 1.29 is 9.53 Å². The summed E-state index contributed by atoms with van der Waals surface area (Å²) in [6.07, 6.45) is 0.565. The molecule has 0 saturated carbocycles. The summed E-state index contributed by atoms with van der Waals surface area (Å²) in [7, 11) is 0. The molecule has 1 rings (SSSR count). The van der Waals surface area contributed by atoms with Crippen LogP contribution < -0.4 is 10.6 Å². The maximum Gasteiger partial charge on any atom is 0.221 e. The van der Waals surface area contributed by atoms with E-state index >= 15 is 0 Å². The predicted molar refractivity (Wildman–Crippen MR) is 72.6 cm³/mol. The summed E-state index contributed by atoms with van der Waals surface area (Å²) in [4.78, 5) is 13.9. The first-order chi connectivity index (χ1) is 8.68. The molecule has 5 nitrogen and oxygen atoms in total. The summed E-state index contributed by atoms with van der Waals surface area (Å²) >= 11 is 0. The largest absolute Gasteiger partial charge is 0.379 e. The lowest BCUT2D eigenvalue weighted by molar-refractivity contribution is -0.121. The van der Waals surface area contributed by atoms with Crippen molar-refractivity contribution in [2.24, 2.45) is 5.92 Å². The Morgan fingerprint density at radius 1 is 1.28 bits per heavy atom. The van der Waals surface area contributed by atoms with Crippen LogP contribution in [0.2, 0.25) is 0 Å². The van der Waals surface area contributed by atoms with Gasteiger partial charge in [-0.1, -0.05) is 13.8 Å². The van der Waals surface area contributed by atoms with E-state index in [1.54, 1.807) is 0 Å². The van der Waals surface area contributed by atoms with Crippen molar-refractivity contribution in [2.75, 3.05) is 52.5 Å². The maximum absolute atomic E-state index is 11.5. The number of ether oxygens (including phenoxy) is 1. The minimum Gasteiger partial charge on any atom is -0.379 e. The first-order valence-electron chi connectivity index (χ1n) is 6.96. The van der Waals surface area contributed by atoms with Gasteiger partial charge >= 0.3 is 0 Å². The number of carbonyl (C=O) groups excluding carboxylic acids is 1. The molecular weight excluding hydrogens is 230 g/mol. The highest BCUT2D eigenvalue weighted by Gasteiger charge is 2.09. The SMILES string of the molecule is CC(C)CNCCC(=O)NCCN1CCOCC1. The van der Waals surface area contributed by atoms with Gasteiger partial charge in [0.1, 0.15) is 0 Å². The first-order valence-corrected chi connectivity index (χ1v) is 6.96. The normalized spacial score (nSPS) is 17.1. The molecule has 0 spiro atoms.